The summed E-state index contributed by atoms with van der Waals surface area (Å²) in [6.07, 6.45) is 4.50. The Morgan fingerprint density at radius 2 is 2.27 bits per heavy atom. The van der Waals surface area contributed by atoms with Gasteiger partial charge in [0, 0.05) is 20.2 Å². The van der Waals surface area contributed by atoms with Crippen molar-refractivity contribution >= 4 is 5.91 Å². The lowest BCUT2D eigenvalue weighted by atomic mass is 10.1. The standard InChI is InChI=1S/C11H20N2O2/c1-15-9-4-3-7-13(8-9)11(14)10-5-2-6-12-10/h9-10,12H,2-8H2,1H3/t9-,10+/m1/s1. The number of nitrogens with one attached hydrogen (secondary N) is 1. The van der Waals surface area contributed by atoms with Gasteiger partial charge in [0.2, 0.25) is 5.91 Å². The molecule has 0 radical (unpaired) electrons. The number of piperidine rings is 1. The molecule has 0 aromatic heterocycles. The maximum atomic E-state index is 12.1. The van der Waals surface area contributed by atoms with Gasteiger partial charge in [-0.1, -0.05) is 0 Å². The van der Waals surface area contributed by atoms with Crippen LogP contribution in [0.2, 0.25) is 0 Å². The minimum atomic E-state index is 0.0700. The van der Waals surface area contributed by atoms with Crippen LogP contribution in [0, 0.1) is 0 Å². The van der Waals surface area contributed by atoms with E-state index in [0.717, 1.165) is 45.3 Å². The molecule has 15 heavy (non-hydrogen) atoms. The summed E-state index contributed by atoms with van der Waals surface area (Å²) < 4.78 is 5.32. The Labute approximate surface area is 91.0 Å². The Balaban J connectivity index is 1.88. The molecule has 1 N–H and O–H groups in total. The molecule has 0 saturated carbocycles. The zero-order valence-electron chi connectivity index (χ0n) is 9.37. The number of carbonyl (C=O) groups is 1. The van der Waals surface area contributed by atoms with Crippen LogP contribution in [0.25, 0.3) is 0 Å². The van der Waals surface area contributed by atoms with E-state index in [1.54, 1.807) is 7.11 Å². The summed E-state index contributed by atoms with van der Waals surface area (Å²) >= 11 is 0. The van der Waals surface area contributed by atoms with Crippen molar-refractivity contribution in [3.8, 4) is 0 Å². The molecular weight excluding hydrogens is 192 g/mol. The van der Waals surface area contributed by atoms with E-state index in [-0.39, 0.29) is 18.1 Å². The second-order valence-corrected chi connectivity index (χ2v) is 4.43. The molecule has 2 rings (SSSR count). The molecule has 2 fully saturated rings. The fourth-order valence-electron chi connectivity index (χ4n) is 2.45. The molecule has 86 valence electrons. The van der Waals surface area contributed by atoms with Crippen LogP contribution in [0.4, 0.5) is 0 Å². The van der Waals surface area contributed by atoms with Gasteiger partial charge >= 0.3 is 0 Å². The molecule has 2 aliphatic rings. The summed E-state index contributed by atoms with van der Waals surface area (Å²) in [4.78, 5) is 14.0. The smallest absolute Gasteiger partial charge is 0.239 e. The van der Waals surface area contributed by atoms with Gasteiger partial charge < -0.3 is 15.0 Å². The van der Waals surface area contributed by atoms with Crippen LogP contribution >= 0.6 is 0 Å². The topological polar surface area (TPSA) is 41.6 Å². The number of ether oxygens (including phenoxy) is 1. The minimum Gasteiger partial charge on any atom is -0.380 e. The molecule has 1 amide bonds. The third-order valence-corrected chi connectivity index (χ3v) is 3.38. The number of rotatable bonds is 2. The highest BCUT2D eigenvalue weighted by Gasteiger charge is 2.30. The molecule has 0 unspecified atom stereocenters. The van der Waals surface area contributed by atoms with Crippen molar-refractivity contribution in [1.82, 2.24) is 10.2 Å². The third kappa shape index (κ3) is 2.49. The number of carbonyl (C=O) groups excluding carboxylic acids is 1. The molecule has 2 atom stereocenters. The zero-order valence-corrected chi connectivity index (χ0v) is 9.37. The SMILES string of the molecule is CO[C@@H]1CCCN(C(=O)[C@@H]2CCCN2)C1. The van der Waals surface area contributed by atoms with E-state index < -0.39 is 0 Å². The van der Waals surface area contributed by atoms with Gasteiger partial charge in [-0.2, -0.15) is 0 Å². The van der Waals surface area contributed by atoms with Gasteiger partial charge in [-0.15, -0.1) is 0 Å². The van der Waals surface area contributed by atoms with Crippen LogP contribution in [0.3, 0.4) is 0 Å². The Hall–Kier alpha value is -0.610. The van der Waals surface area contributed by atoms with E-state index in [4.69, 9.17) is 4.74 Å². The number of nitrogens with zero attached hydrogens (tertiary/aromatic N) is 1. The molecular formula is C11H20N2O2. The van der Waals surface area contributed by atoms with Gasteiger partial charge in [0.1, 0.15) is 0 Å². The lowest BCUT2D eigenvalue weighted by molar-refractivity contribution is -0.136. The monoisotopic (exact) mass is 212 g/mol. The first-order chi connectivity index (χ1) is 7.31. The van der Waals surface area contributed by atoms with Gasteiger partial charge in [-0.3, -0.25) is 4.79 Å². The van der Waals surface area contributed by atoms with Crippen LogP contribution in [-0.4, -0.2) is 49.7 Å². The summed E-state index contributed by atoms with van der Waals surface area (Å²) in [5, 5.41) is 3.25. The first-order valence-electron chi connectivity index (χ1n) is 5.86. The second-order valence-electron chi connectivity index (χ2n) is 4.43. The lowest BCUT2D eigenvalue weighted by Crippen LogP contribution is -2.49. The molecule has 0 spiro atoms. The van der Waals surface area contributed by atoms with Crippen LogP contribution in [0.5, 0.6) is 0 Å². The van der Waals surface area contributed by atoms with E-state index in [1.165, 1.54) is 0 Å². The van der Waals surface area contributed by atoms with Crippen LogP contribution in [0.1, 0.15) is 25.7 Å². The molecule has 0 bridgehead atoms. The molecule has 2 saturated heterocycles. The van der Waals surface area contributed by atoms with Gasteiger partial charge in [0.05, 0.1) is 12.1 Å². The Morgan fingerprint density at radius 1 is 1.40 bits per heavy atom. The predicted octanol–water partition coefficient (Wildman–Crippen LogP) is 0.376. The van der Waals surface area contributed by atoms with Gasteiger partial charge in [0.25, 0.3) is 0 Å². The number of hydrogen-bond acceptors (Lipinski definition) is 3. The molecule has 2 aliphatic heterocycles. The Kier molecular flexibility index (Phi) is 3.59. The molecule has 4 heteroatoms. The third-order valence-electron chi connectivity index (χ3n) is 3.38. The average molecular weight is 212 g/mol. The van der Waals surface area contributed by atoms with E-state index >= 15 is 0 Å². The molecule has 0 aliphatic carbocycles. The summed E-state index contributed by atoms with van der Waals surface area (Å²) in [5.74, 6) is 0.272. The van der Waals surface area contributed by atoms with Crippen LogP contribution in [0.15, 0.2) is 0 Å². The highest BCUT2D eigenvalue weighted by molar-refractivity contribution is 5.82. The minimum absolute atomic E-state index is 0.0700. The molecule has 0 aromatic carbocycles. The fourth-order valence-corrected chi connectivity index (χ4v) is 2.45. The van der Waals surface area contributed by atoms with Crippen molar-refractivity contribution in [2.24, 2.45) is 0 Å². The first-order valence-corrected chi connectivity index (χ1v) is 5.86. The summed E-state index contributed by atoms with van der Waals surface area (Å²) in [6, 6.07) is 0.0700. The Bertz CT molecular complexity index is 227. The fraction of sp³-hybridized carbons (Fsp3) is 0.909. The first kappa shape index (κ1) is 10.9. The largest absolute Gasteiger partial charge is 0.380 e. The summed E-state index contributed by atoms with van der Waals surface area (Å²) in [5.41, 5.74) is 0. The van der Waals surface area contributed by atoms with Crippen molar-refractivity contribution < 1.29 is 9.53 Å². The number of amides is 1. The van der Waals surface area contributed by atoms with Crippen LogP contribution in [-0.2, 0) is 9.53 Å². The number of likely N-dealkylation sites (tertiary alicyclic amines) is 1. The predicted molar refractivity (Wildman–Crippen MR) is 57.6 cm³/mol. The maximum Gasteiger partial charge on any atom is 0.239 e. The van der Waals surface area contributed by atoms with E-state index in [9.17, 15) is 4.79 Å². The zero-order chi connectivity index (χ0) is 10.7. The van der Waals surface area contributed by atoms with Crippen molar-refractivity contribution in [3.63, 3.8) is 0 Å². The average Bonchev–Trinajstić information content (AvgIpc) is 2.81. The highest BCUT2D eigenvalue weighted by atomic mass is 16.5. The maximum absolute atomic E-state index is 12.1. The number of hydrogen-bond donors (Lipinski definition) is 1. The van der Waals surface area contributed by atoms with Crippen molar-refractivity contribution in [1.29, 1.82) is 0 Å². The quantitative estimate of drug-likeness (QED) is 0.719. The number of methoxy groups -OCH3 is 1. The van der Waals surface area contributed by atoms with E-state index in [0.29, 0.717) is 0 Å². The van der Waals surface area contributed by atoms with Gasteiger partial charge in [0.15, 0.2) is 0 Å². The Morgan fingerprint density at radius 3 is 2.93 bits per heavy atom. The highest BCUT2D eigenvalue weighted by Crippen LogP contribution is 2.16. The summed E-state index contributed by atoms with van der Waals surface area (Å²) in [7, 11) is 1.73. The second kappa shape index (κ2) is 4.94. The van der Waals surface area contributed by atoms with E-state index in [1.807, 2.05) is 4.90 Å². The van der Waals surface area contributed by atoms with E-state index in [2.05, 4.69) is 5.32 Å². The van der Waals surface area contributed by atoms with Crippen molar-refractivity contribution in [2.45, 2.75) is 37.8 Å². The molecule has 0 aromatic rings. The van der Waals surface area contributed by atoms with Gasteiger partial charge in [-0.05, 0) is 32.2 Å². The summed E-state index contributed by atoms with van der Waals surface area (Å²) in [6.45, 7) is 2.66. The molecule has 2 heterocycles. The van der Waals surface area contributed by atoms with Crippen molar-refractivity contribution in [2.75, 3.05) is 26.7 Å². The lowest BCUT2D eigenvalue weighted by Gasteiger charge is -2.33. The molecule has 4 nitrogen and oxygen atoms in total. The van der Waals surface area contributed by atoms with Crippen molar-refractivity contribution in [3.05, 3.63) is 0 Å². The van der Waals surface area contributed by atoms with Gasteiger partial charge in [-0.25, -0.2) is 0 Å². The normalized spacial score (nSPS) is 31.9. The van der Waals surface area contributed by atoms with Crippen LogP contribution < -0.4 is 5.32 Å².